The normalized spacial score (nSPS) is 17.5. The third kappa shape index (κ3) is 4.23. The van der Waals surface area contributed by atoms with E-state index >= 15 is 0 Å². The molecule has 1 saturated heterocycles. The molecule has 0 radical (unpaired) electrons. The Labute approximate surface area is 149 Å². The van der Waals surface area contributed by atoms with Crippen molar-refractivity contribution in [2.24, 2.45) is 0 Å². The van der Waals surface area contributed by atoms with Crippen molar-refractivity contribution in [1.82, 2.24) is 19.8 Å². The zero-order valence-electron chi connectivity index (χ0n) is 15.3. The number of aryl methyl sites for hydroxylation is 1. The molecule has 5 nitrogen and oxygen atoms in total. The minimum Gasteiger partial charge on any atom is -0.365 e. The molecule has 3 rings (SSSR count). The van der Waals surface area contributed by atoms with E-state index in [1.54, 1.807) is 17.7 Å². The van der Waals surface area contributed by atoms with Gasteiger partial charge in [0.15, 0.2) is 0 Å². The highest BCUT2D eigenvalue weighted by molar-refractivity contribution is 7.18. The number of rotatable bonds is 6. The molecule has 132 valence electrons. The van der Waals surface area contributed by atoms with Crippen LogP contribution >= 0.6 is 11.3 Å². The SMILES string of the molecule is CCc1cc2c(NC(C)(C)CCN3CCN(C)CC3)ncnc2s1. The van der Waals surface area contributed by atoms with Crippen molar-refractivity contribution in [2.45, 2.75) is 39.2 Å². The number of likely N-dealkylation sites (N-methyl/N-ethyl adjacent to an activating group) is 1. The van der Waals surface area contributed by atoms with Gasteiger partial charge in [0.05, 0.1) is 5.39 Å². The summed E-state index contributed by atoms with van der Waals surface area (Å²) in [5.74, 6) is 0.972. The third-order valence-corrected chi connectivity index (χ3v) is 6.02. The van der Waals surface area contributed by atoms with Crippen LogP contribution in [0.3, 0.4) is 0 Å². The van der Waals surface area contributed by atoms with Crippen LogP contribution in [0.1, 0.15) is 32.1 Å². The summed E-state index contributed by atoms with van der Waals surface area (Å²) in [7, 11) is 2.20. The molecular weight excluding hydrogens is 318 g/mol. The van der Waals surface area contributed by atoms with Crippen LogP contribution in [0.4, 0.5) is 5.82 Å². The van der Waals surface area contributed by atoms with E-state index in [1.807, 2.05) is 0 Å². The lowest BCUT2D eigenvalue weighted by atomic mass is 10.00. The van der Waals surface area contributed by atoms with Crippen molar-refractivity contribution in [2.75, 3.05) is 45.1 Å². The Morgan fingerprint density at radius 1 is 1.21 bits per heavy atom. The number of anilines is 1. The molecule has 0 bridgehead atoms. The molecule has 0 unspecified atom stereocenters. The summed E-state index contributed by atoms with van der Waals surface area (Å²) >= 11 is 1.77. The summed E-state index contributed by atoms with van der Waals surface area (Å²) < 4.78 is 0. The standard InChI is InChI=1S/C18H29N5S/c1-5-14-12-15-16(19-13-20-17(15)24-14)21-18(2,3)6-7-23-10-8-22(4)9-11-23/h12-13H,5-11H2,1-4H3,(H,19,20,21). The van der Waals surface area contributed by atoms with Crippen molar-refractivity contribution in [3.05, 3.63) is 17.3 Å². The van der Waals surface area contributed by atoms with Gasteiger partial charge in [-0.05, 0) is 39.8 Å². The molecule has 0 aromatic carbocycles. The van der Waals surface area contributed by atoms with Crippen LogP contribution in [0.5, 0.6) is 0 Å². The first-order chi connectivity index (χ1) is 11.5. The van der Waals surface area contributed by atoms with E-state index in [1.165, 1.54) is 31.1 Å². The van der Waals surface area contributed by atoms with Gasteiger partial charge in [-0.3, -0.25) is 0 Å². The molecule has 0 amide bonds. The van der Waals surface area contributed by atoms with Crippen LogP contribution in [0, 0.1) is 0 Å². The quantitative estimate of drug-likeness (QED) is 0.870. The Bertz CT molecular complexity index is 673. The van der Waals surface area contributed by atoms with Gasteiger partial charge in [0.1, 0.15) is 17.0 Å². The van der Waals surface area contributed by atoms with Crippen LogP contribution < -0.4 is 5.32 Å². The fourth-order valence-electron chi connectivity index (χ4n) is 3.07. The smallest absolute Gasteiger partial charge is 0.138 e. The zero-order chi connectivity index (χ0) is 17.2. The maximum Gasteiger partial charge on any atom is 0.138 e. The van der Waals surface area contributed by atoms with Gasteiger partial charge in [-0.15, -0.1) is 11.3 Å². The zero-order valence-corrected chi connectivity index (χ0v) is 16.1. The summed E-state index contributed by atoms with van der Waals surface area (Å²) in [5, 5.41) is 4.82. The van der Waals surface area contributed by atoms with Gasteiger partial charge in [-0.25, -0.2) is 9.97 Å². The molecule has 2 aromatic rings. The van der Waals surface area contributed by atoms with Gasteiger partial charge in [0.2, 0.25) is 0 Å². The molecule has 24 heavy (non-hydrogen) atoms. The van der Waals surface area contributed by atoms with Crippen molar-refractivity contribution in [1.29, 1.82) is 0 Å². The van der Waals surface area contributed by atoms with Gasteiger partial charge in [-0.2, -0.15) is 0 Å². The molecule has 0 saturated carbocycles. The molecule has 0 atom stereocenters. The largest absolute Gasteiger partial charge is 0.365 e. The number of fused-ring (bicyclic) bond motifs is 1. The highest BCUT2D eigenvalue weighted by atomic mass is 32.1. The minimum atomic E-state index is 0.0128. The average Bonchev–Trinajstić information content (AvgIpc) is 2.99. The van der Waals surface area contributed by atoms with Crippen LogP contribution in [0.25, 0.3) is 10.2 Å². The first kappa shape index (κ1) is 17.6. The molecule has 1 aliphatic heterocycles. The lowest BCUT2D eigenvalue weighted by Gasteiger charge is -2.35. The Morgan fingerprint density at radius 3 is 2.67 bits per heavy atom. The van der Waals surface area contributed by atoms with Crippen LogP contribution in [0.15, 0.2) is 12.4 Å². The molecule has 1 aliphatic rings. The molecule has 1 fully saturated rings. The summed E-state index contributed by atoms with van der Waals surface area (Å²) in [4.78, 5) is 16.3. The van der Waals surface area contributed by atoms with Crippen molar-refractivity contribution in [3.63, 3.8) is 0 Å². The number of hydrogen-bond donors (Lipinski definition) is 1. The van der Waals surface area contributed by atoms with E-state index in [4.69, 9.17) is 0 Å². The monoisotopic (exact) mass is 347 g/mol. The Morgan fingerprint density at radius 2 is 1.96 bits per heavy atom. The van der Waals surface area contributed by atoms with E-state index in [9.17, 15) is 0 Å². The molecule has 0 spiro atoms. The number of aromatic nitrogens is 2. The second kappa shape index (κ2) is 7.33. The van der Waals surface area contributed by atoms with Crippen molar-refractivity contribution in [3.8, 4) is 0 Å². The van der Waals surface area contributed by atoms with Gasteiger partial charge in [0, 0.05) is 43.1 Å². The Balaban J connectivity index is 1.64. The van der Waals surface area contributed by atoms with Gasteiger partial charge in [0.25, 0.3) is 0 Å². The van der Waals surface area contributed by atoms with Gasteiger partial charge in [-0.1, -0.05) is 6.92 Å². The summed E-state index contributed by atoms with van der Waals surface area (Å²) in [6, 6.07) is 2.24. The molecule has 1 N–H and O–H groups in total. The Kier molecular flexibility index (Phi) is 5.37. The van der Waals surface area contributed by atoms with Crippen LogP contribution in [0.2, 0.25) is 0 Å². The maximum atomic E-state index is 4.51. The van der Waals surface area contributed by atoms with E-state index in [0.717, 1.165) is 35.4 Å². The van der Waals surface area contributed by atoms with E-state index in [-0.39, 0.29) is 5.54 Å². The van der Waals surface area contributed by atoms with E-state index in [2.05, 4.69) is 59.0 Å². The highest BCUT2D eigenvalue weighted by Gasteiger charge is 2.22. The van der Waals surface area contributed by atoms with Gasteiger partial charge < -0.3 is 15.1 Å². The number of piperazine rings is 1. The minimum absolute atomic E-state index is 0.0128. The molecule has 6 heteroatoms. The Hall–Kier alpha value is -1.24. The first-order valence-electron chi connectivity index (χ1n) is 8.89. The van der Waals surface area contributed by atoms with E-state index < -0.39 is 0 Å². The number of nitrogens with zero attached hydrogens (tertiary/aromatic N) is 4. The molecular formula is C18H29N5S. The fraction of sp³-hybridized carbons (Fsp3) is 0.667. The van der Waals surface area contributed by atoms with Crippen LogP contribution in [-0.4, -0.2) is 65.1 Å². The summed E-state index contributed by atoms with van der Waals surface area (Å²) in [6.07, 6.45) is 3.83. The summed E-state index contributed by atoms with van der Waals surface area (Å²) in [6.45, 7) is 12.6. The predicted octanol–water partition coefficient (Wildman–Crippen LogP) is 3.08. The van der Waals surface area contributed by atoms with Crippen LogP contribution in [-0.2, 0) is 6.42 Å². The maximum absolute atomic E-state index is 4.51. The average molecular weight is 348 g/mol. The lowest BCUT2D eigenvalue weighted by Crippen LogP contribution is -2.46. The molecule has 0 aliphatic carbocycles. The van der Waals surface area contributed by atoms with Gasteiger partial charge >= 0.3 is 0 Å². The van der Waals surface area contributed by atoms with Crippen molar-refractivity contribution < 1.29 is 0 Å². The number of hydrogen-bond acceptors (Lipinski definition) is 6. The number of thiophene rings is 1. The first-order valence-corrected chi connectivity index (χ1v) is 9.71. The molecule has 2 aromatic heterocycles. The number of nitrogens with one attached hydrogen (secondary N) is 1. The second-order valence-corrected chi connectivity index (χ2v) is 8.53. The fourth-order valence-corrected chi connectivity index (χ4v) is 4.01. The predicted molar refractivity (Wildman–Crippen MR) is 103 cm³/mol. The third-order valence-electron chi connectivity index (χ3n) is 4.83. The topological polar surface area (TPSA) is 44.3 Å². The van der Waals surface area contributed by atoms with Crippen molar-refractivity contribution >= 4 is 27.4 Å². The van der Waals surface area contributed by atoms with E-state index in [0.29, 0.717) is 0 Å². The summed E-state index contributed by atoms with van der Waals surface area (Å²) in [5.41, 5.74) is 0.0128. The lowest BCUT2D eigenvalue weighted by molar-refractivity contribution is 0.147. The second-order valence-electron chi connectivity index (χ2n) is 7.41. The highest BCUT2D eigenvalue weighted by Crippen LogP contribution is 2.30. The molecule has 3 heterocycles.